The van der Waals surface area contributed by atoms with E-state index in [1.807, 2.05) is 0 Å². The molecule has 2 atom stereocenters. The van der Waals surface area contributed by atoms with Crippen LogP contribution >= 0.6 is 11.6 Å². The molecule has 4 heteroatoms. The number of amides is 1. The molecule has 1 N–H and O–H groups in total. The maximum absolute atomic E-state index is 11.8. The molecule has 94 valence electrons. The number of nitrogens with zero attached hydrogens (tertiary/aromatic N) is 1. The lowest BCUT2D eigenvalue weighted by Gasteiger charge is -2.23. The number of hydrogen-bond donors (Lipinski definition) is 1. The van der Waals surface area contributed by atoms with Crippen LogP contribution in [0.2, 0.25) is 0 Å². The summed E-state index contributed by atoms with van der Waals surface area (Å²) >= 11 is 5.55. The van der Waals surface area contributed by atoms with E-state index in [1.165, 1.54) is 12.8 Å². The predicted octanol–water partition coefficient (Wildman–Crippen LogP) is 2.01. The molecule has 3 nitrogen and oxygen atoms in total. The number of carbonyl (C=O) groups excluding carboxylic acids is 1. The van der Waals surface area contributed by atoms with E-state index in [-0.39, 0.29) is 11.8 Å². The van der Waals surface area contributed by atoms with Crippen LogP contribution in [0.4, 0.5) is 0 Å². The van der Waals surface area contributed by atoms with Crippen molar-refractivity contribution >= 4 is 17.5 Å². The van der Waals surface area contributed by atoms with Crippen LogP contribution in [0.1, 0.15) is 39.0 Å². The van der Waals surface area contributed by atoms with Gasteiger partial charge in [-0.15, -0.1) is 11.6 Å². The van der Waals surface area contributed by atoms with E-state index >= 15 is 0 Å². The van der Waals surface area contributed by atoms with Gasteiger partial charge in [-0.25, -0.2) is 0 Å². The van der Waals surface area contributed by atoms with Gasteiger partial charge in [0.2, 0.25) is 5.91 Å². The Morgan fingerprint density at radius 3 is 2.94 bits per heavy atom. The van der Waals surface area contributed by atoms with E-state index in [1.54, 1.807) is 4.90 Å². The number of likely N-dealkylation sites (tertiary alicyclic amines) is 1. The molecular weight excluding hydrogens is 226 g/mol. The highest BCUT2D eigenvalue weighted by Gasteiger charge is 2.23. The molecule has 0 bridgehead atoms. The molecule has 0 aromatic carbocycles. The van der Waals surface area contributed by atoms with Gasteiger partial charge < -0.3 is 10.0 Å². The average Bonchev–Trinajstić information content (AvgIpc) is 2.44. The quantitative estimate of drug-likeness (QED) is 0.755. The lowest BCUT2D eigenvalue weighted by atomic mass is 9.96. The summed E-state index contributed by atoms with van der Waals surface area (Å²) in [4.78, 5) is 13.6. The molecule has 0 spiro atoms. The van der Waals surface area contributed by atoms with Gasteiger partial charge in [-0.2, -0.15) is 0 Å². The zero-order valence-corrected chi connectivity index (χ0v) is 10.7. The summed E-state index contributed by atoms with van der Waals surface area (Å²) in [5.74, 6) is 1.04. The Kier molecular flexibility index (Phi) is 6.14. The zero-order chi connectivity index (χ0) is 12.0. The van der Waals surface area contributed by atoms with Crippen molar-refractivity contribution in [2.45, 2.75) is 45.1 Å². The van der Waals surface area contributed by atoms with Crippen molar-refractivity contribution in [1.82, 2.24) is 4.90 Å². The third-order valence-electron chi connectivity index (χ3n) is 3.23. The zero-order valence-electron chi connectivity index (χ0n) is 9.99. The van der Waals surface area contributed by atoms with Gasteiger partial charge >= 0.3 is 0 Å². The van der Waals surface area contributed by atoms with E-state index in [0.29, 0.717) is 18.9 Å². The normalized spacial score (nSPS) is 24.3. The number of β-amino-alcohol motifs (C(OH)–C–C–N with tert-alkyl or cyclic N) is 1. The fourth-order valence-electron chi connectivity index (χ4n) is 2.29. The molecule has 1 saturated heterocycles. The fourth-order valence-corrected chi connectivity index (χ4v) is 2.38. The number of alkyl halides is 1. The number of rotatable bonds is 5. The molecule has 2 unspecified atom stereocenters. The van der Waals surface area contributed by atoms with Gasteiger partial charge in [-0.05, 0) is 18.8 Å². The van der Waals surface area contributed by atoms with Crippen LogP contribution < -0.4 is 0 Å². The molecule has 1 aliphatic heterocycles. The summed E-state index contributed by atoms with van der Waals surface area (Å²) in [7, 11) is 0. The van der Waals surface area contributed by atoms with Crippen LogP contribution in [0, 0.1) is 5.92 Å². The molecule has 0 aromatic rings. The minimum Gasteiger partial charge on any atom is -0.390 e. The second kappa shape index (κ2) is 7.13. The number of aliphatic hydroxyl groups excluding tert-OH is 1. The second-order valence-electron chi connectivity index (χ2n) is 4.63. The van der Waals surface area contributed by atoms with Gasteiger partial charge in [0, 0.05) is 19.5 Å². The molecule has 0 saturated carbocycles. The van der Waals surface area contributed by atoms with Crippen molar-refractivity contribution in [3.8, 4) is 0 Å². The lowest BCUT2D eigenvalue weighted by molar-refractivity contribution is -0.131. The first-order valence-corrected chi connectivity index (χ1v) is 6.72. The summed E-state index contributed by atoms with van der Waals surface area (Å²) in [5.41, 5.74) is 0. The molecule has 1 fully saturated rings. The van der Waals surface area contributed by atoms with Crippen LogP contribution in [0.5, 0.6) is 0 Å². The topological polar surface area (TPSA) is 40.5 Å². The molecule has 0 radical (unpaired) electrons. The summed E-state index contributed by atoms with van der Waals surface area (Å²) in [5, 5.41) is 9.46. The Labute approximate surface area is 103 Å². The molecule has 1 heterocycles. The molecule has 0 aliphatic carbocycles. The van der Waals surface area contributed by atoms with Gasteiger partial charge in [0.05, 0.1) is 12.0 Å². The number of carbonyl (C=O) groups is 1. The summed E-state index contributed by atoms with van der Waals surface area (Å²) in [6.07, 6.45) is 4.49. The number of hydrogen-bond acceptors (Lipinski definition) is 2. The first-order valence-electron chi connectivity index (χ1n) is 6.19. The second-order valence-corrected chi connectivity index (χ2v) is 4.94. The van der Waals surface area contributed by atoms with Crippen LogP contribution in [0.15, 0.2) is 0 Å². The predicted molar refractivity (Wildman–Crippen MR) is 65.6 cm³/mol. The Hall–Kier alpha value is -0.280. The number of aliphatic hydroxyl groups is 1. The average molecular weight is 248 g/mol. The minimum atomic E-state index is -0.589. The summed E-state index contributed by atoms with van der Waals surface area (Å²) < 4.78 is 0. The molecule has 16 heavy (non-hydrogen) atoms. The van der Waals surface area contributed by atoms with Gasteiger partial charge in [0.15, 0.2) is 0 Å². The Bertz CT molecular complexity index is 223. The first-order chi connectivity index (χ1) is 7.67. The molecular formula is C12H22ClNO2. The maximum atomic E-state index is 11.8. The highest BCUT2D eigenvalue weighted by atomic mass is 35.5. The van der Waals surface area contributed by atoms with E-state index in [9.17, 15) is 9.90 Å². The van der Waals surface area contributed by atoms with Crippen LogP contribution in [0.3, 0.4) is 0 Å². The Morgan fingerprint density at radius 1 is 1.56 bits per heavy atom. The third-order valence-corrected chi connectivity index (χ3v) is 3.59. The standard InChI is InChI=1S/C12H22ClNO2/c1-2-3-10-4-5-12(16)14(7-6-10)9-11(15)8-13/h10-11,15H,2-9H2,1H3. The minimum absolute atomic E-state index is 0.169. The van der Waals surface area contributed by atoms with Crippen molar-refractivity contribution < 1.29 is 9.90 Å². The molecule has 0 aromatic heterocycles. The van der Waals surface area contributed by atoms with Gasteiger partial charge in [0.1, 0.15) is 0 Å². The smallest absolute Gasteiger partial charge is 0.222 e. The van der Waals surface area contributed by atoms with E-state index in [4.69, 9.17) is 11.6 Å². The maximum Gasteiger partial charge on any atom is 0.222 e. The van der Waals surface area contributed by atoms with Crippen molar-refractivity contribution in [2.24, 2.45) is 5.92 Å². The van der Waals surface area contributed by atoms with Crippen molar-refractivity contribution in [1.29, 1.82) is 0 Å². The SMILES string of the molecule is CCCC1CCC(=O)N(CC(O)CCl)CC1. The highest BCUT2D eigenvalue weighted by molar-refractivity contribution is 6.18. The van der Waals surface area contributed by atoms with E-state index < -0.39 is 6.10 Å². The van der Waals surface area contributed by atoms with Gasteiger partial charge in [0.25, 0.3) is 0 Å². The van der Waals surface area contributed by atoms with Crippen LogP contribution in [-0.4, -0.2) is 41.0 Å². The van der Waals surface area contributed by atoms with Crippen molar-refractivity contribution in [2.75, 3.05) is 19.0 Å². The largest absolute Gasteiger partial charge is 0.390 e. The van der Waals surface area contributed by atoms with Crippen molar-refractivity contribution in [3.63, 3.8) is 0 Å². The number of halogens is 1. The van der Waals surface area contributed by atoms with Crippen LogP contribution in [0.25, 0.3) is 0 Å². The van der Waals surface area contributed by atoms with E-state index in [0.717, 1.165) is 19.4 Å². The third kappa shape index (κ3) is 4.30. The summed E-state index contributed by atoms with van der Waals surface area (Å²) in [6, 6.07) is 0. The molecule has 1 aliphatic rings. The fraction of sp³-hybridized carbons (Fsp3) is 0.917. The Balaban J connectivity index is 2.44. The lowest BCUT2D eigenvalue weighted by Crippen LogP contribution is -2.37. The van der Waals surface area contributed by atoms with Gasteiger partial charge in [-0.1, -0.05) is 19.8 Å². The molecule has 1 rings (SSSR count). The highest BCUT2D eigenvalue weighted by Crippen LogP contribution is 2.22. The molecule has 1 amide bonds. The van der Waals surface area contributed by atoms with E-state index in [2.05, 4.69) is 6.92 Å². The Morgan fingerprint density at radius 2 is 2.31 bits per heavy atom. The van der Waals surface area contributed by atoms with Crippen LogP contribution in [-0.2, 0) is 4.79 Å². The van der Waals surface area contributed by atoms with Crippen molar-refractivity contribution in [3.05, 3.63) is 0 Å². The van der Waals surface area contributed by atoms with Gasteiger partial charge in [-0.3, -0.25) is 4.79 Å². The monoisotopic (exact) mass is 247 g/mol. The summed E-state index contributed by atoms with van der Waals surface area (Å²) in [6.45, 7) is 3.35. The first kappa shape index (κ1) is 13.8.